The summed E-state index contributed by atoms with van der Waals surface area (Å²) in [4.78, 5) is 12.8. The summed E-state index contributed by atoms with van der Waals surface area (Å²) >= 11 is 0. The van der Waals surface area contributed by atoms with E-state index in [-0.39, 0.29) is 6.42 Å². The van der Waals surface area contributed by atoms with E-state index in [4.69, 9.17) is 5.11 Å². The van der Waals surface area contributed by atoms with E-state index >= 15 is 0 Å². The third kappa shape index (κ3) is 2.98. The van der Waals surface area contributed by atoms with Crippen molar-refractivity contribution in [1.82, 2.24) is 4.90 Å². The zero-order valence-electron chi connectivity index (χ0n) is 9.36. The molecule has 0 bridgehead atoms. The Morgan fingerprint density at radius 1 is 1.50 bits per heavy atom. The monoisotopic (exact) mass is 199 g/mol. The van der Waals surface area contributed by atoms with Crippen molar-refractivity contribution in [1.29, 1.82) is 0 Å². The van der Waals surface area contributed by atoms with Gasteiger partial charge in [-0.2, -0.15) is 0 Å². The summed E-state index contributed by atoms with van der Waals surface area (Å²) in [7, 11) is 0. The van der Waals surface area contributed by atoms with Gasteiger partial charge in [0.15, 0.2) is 0 Å². The molecule has 0 heterocycles. The Labute approximate surface area is 86.1 Å². The van der Waals surface area contributed by atoms with E-state index in [1.54, 1.807) is 0 Å². The number of rotatable bonds is 5. The molecule has 1 rings (SSSR count). The summed E-state index contributed by atoms with van der Waals surface area (Å²) in [6, 6.07) is 1.09. The van der Waals surface area contributed by atoms with Crippen LogP contribution in [0, 0.1) is 5.92 Å². The van der Waals surface area contributed by atoms with Gasteiger partial charge in [0.05, 0.1) is 6.42 Å². The van der Waals surface area contributed by atoms with Gasteiger partial charge in [0, 0.05) is 18.6 Å². The van der Waals surface area contributed by atoms with Crippen molar-refractivity contribution < 1.29 is 9.90 Å². The summed E-state index contributed by atoms with van der Waals surface area (Å²) in [5.41, 5.74) is 0. The molecule has 0 aromatic rings. The van der Waals surface area contributed by atoms with E-state index in [9.17, 15) is 4.79 Å². The van der Waals surface area contributed by atoms with Crippen LogP contribution in [0.4, 0.5) is 0 Å². The number of hydrogen-bond acceptors (Lipinski definition) is 2. The Morgan fingerprint density at radius 3 is 2.43 bits per heavy atom. The first kappa shape index (κ1) is 11.5. The quantitative estimate of drug-likeness (QED) is 0.736. The average Bonchev–Trinajstić information content (AvgIpc) is 2.00. The van der Waals surface area contributed by atoms with Crippen LogP contribution in [0.3, 0.4) is 0 Å². The molecule has 14 heavy (non-hydrogen) atoms. The van der Waals surface area contributed by atoms with Crippen LogP contribution in [-0.4, -0.2) is 34.6 Å². The Morgan fingerprint density at radius 2 is 2.07 bits per heavy atom. The van der Waals surface area contributed by atoms with Gasteiger partial charge in [-0.15, -0.1) is 0 Å². The highest BCUT2D eigenvalue weighted by Gasteiger charge is 2.31. The van der Waals surface area contributed by atoms with Crippen molar-refractivity contribution in [2.24, 2.45) is 5.92 Å². The van der Waals surface area contributed by atoms with E-state index in [0.29, 0.717) is 18.6 Å². The Bertz CT molecular complexity index is 197. The molecule has 0 aliphatic heterocycles. The first-order chi connectivity index (χ1) is 6.50. The smallest absolute Gasteiger partial charge is 0.304 e. The van der Waals surface area contributed by atoms with E-state index in [2.05, 4.69) is 25.7 Å². The molecule has 82 valence electrons. The molecule has 0 atom stereocenters. The molecule has 1 N–H and O–H groups in total. The van der Waals surface area contributed by atoms with E-state index in [0.717, 1.165) is 5.92 Å². The number of carbonyl (C=O) groups is 1. The molecule has 0 spiro atoms. The number of nitrogens with zero attached hydrogens (tertiary/aromatic N) is 1. The lowest BCUT2D eigenvalue weighted by Crippen LogP contribution is -2.48. The third-order valence-electron chi connectivity index (χ3n) is 3.07. The molecule has 0 saturated heterocycles. The van der Waals surface area contributed by atoms with Gasteiger partial charge in [-0.25, -0.2) is 0 Å². The zero-order valence-corrected chi connectivity index (χ0v) is 9.36. The normalized spacial score (nSPS) is 26.6. The third-order valence-corrected chi connectivity index (χ3v) is 3.07. The lowest BCUT2D eigenvalue weighted by molar-refractivity contribution is -0.137. The van der Waals surface area contributed by atoms with Crippen molar-refractivity contribution in [2.75, 3.05) is 6.54 Å². The van der Waals surface area contributed by atoms with Gasteiger partial charge in [0.2, 0.25) is 0 Å². The predicted octanol–water partition coefficient (Wildman–Crippen LogP) is 1.97. The molecule has 0 aromatic heterocycles. The summed E-state index contributed by atoms with van der Waals surface area (Å²) in [6.07, 6.45) is 2.73. The second kappa shape index (κ2) is 4.78. The van der Waals surface area contributed by atoms with Gasteiger partial charge in [0.25, 0.3) is 0 Å². The van der Waals surface area contributed by atoms with Crippen LogP contribution >= 0.6 is 0 Å². The van der Waals surface area contributed by atoms with Gasteiger partial charge < -0.3 is 5.11 Å². The van der Waals surface area contributed by atoms with Crippen molar-refractivity contribution in [3.8, 4) is 0 Å². The van der Waals surface area contributed by atoms with Crippen LogP contribution in [-0.2, 0) is 4.79 Å². The lowest BCUT2D eigenvalue weighted by Gasteiger charge is -2.43. The molecule has 1 fully saturated rings. The fraction of sp³-hybridized carbons (Fsp3) is 0.909. The molecule has 1 saturated carbocycles. The molecule has 1 aliphatic carbocycles. The van der Waals surface area contributed by atoms with Crippen LogP contribution in [0.25, 0.3) is 0 Å². The first-order valence-corrected chi connectivity index (χ1v) is 5.48. The fourth-order valence-corrected chi connectivity index (χ4v) is 2.22. The SMILES string of the molecule is CC1CC(N(CCC(=O)O)C(C)C)C1. The Hall–Kier alpha value is -0.570. The van der Waals surface area contributed by atoms with Crippen LogP contribution in [0.2, 0.25) is 0 Å². The topological polar surface area (TPSA) is 40.5 Å². The summed E-state index contributed by atoms with van der Waals surface area (Å²) in [6.45, 7) is 7.24. The van der Waals surface area contributed by atoms with Crippen molar-refractivity contribution in [3.05, 3.63) is 0 Å². The number of carboxylic acid groups (broad SMARTS) is 1. The van der Waals surface area contributed by atoms with E-state index < -0.39 is 5.97 Å². The highest BCUT2D eigenvalue weighted by molar-refractivity contribution is 5.66. The number of aliphatic carboxylic acids is 1. The second-order valence-corrected chi connectivity index (χ2v) is 4.71. The van der Waals surface area contributed by atoms with Crippen LogP contribution in [0.15, 0.2) is 0 Å². The van der Waals surface area contributed by atoms with Gasteiger partial charge in [0.1, 0.15) is 0 Å². The van der Waals surface area contributed by atoms with E-state index in [1.807, 2.05) is 0 Å². The molecule has 0 unspecified atom stereocenters. The predicted molar refractivity (Wildman–Crippen MR) is 56.3 cm³/mol. The lowest BCUT2D eigenvalue weighted by atomic mass is 9.80. The van der Waals surface area contributed by atoms with Crippen LogP contribution < -0.4 is 0 Å². The first-order valence-electron chi connectivity index (χ1n) is 5.48. The molecule has 3 heteroatoms. The van der Waals surface area contributed by atoms with Gasteiger partial charge >= 0.3 is 5.97 Å². The minimum absolute atomic E-state index is 0.267. The minimum atomic E-state index is -0.692. The Balaban J connectivity index is 2.36. The van der Waals surface area contributed by atoms with Crippen LogP contribution in [0.1, 0.15) is 40.0 Å². The van der Waals surface area contributed by atoms with Crippen molar-refractivity contribution >= 4 is 5.97 Å². The highest BCUT2D eigenvalue weighted by atomic mass is 16.4. The molecule has 1 aliphatic rings. The molecule has 0 aromatic carbocycles. The zero-order chi connectivity index (χ0) is 10.7. The van der Waals surface area contributed by atoms with E-state index in [1.165, 1.54) is 12.8 Å². The molecule has 0 radical (unpaired) electrons. The van der Waals surface area contributed by atoms with Gasteiger partial charge in [-0.1, -0.05) is 6.92 Å². The number of carboxylic acids is 1. The van der Waals surface area contributed by atoms with Gasteiger partial charge in [-0.05, 0) is 32.6 Å². The summed E-state index contributed by atoms with van der Waals surface area (Å²) < 4.78 is 0. The maximum atomic E-state index is 10.5. The van der Waals surface area contributed by atoms with Crippen LogP contribution in [0.5, 0.6) is 0 Å². The maximum absolute atomic E-state index is 10.5. The highest BCUT2D eigenvalue weighted by Crippen LogP contribution is 2.32. The summed E-state index contributed by atoms with van der Waals surface area (Å²) in [5, 5.41) is 8.64. The Kier molecular flexibility index (Phi) is 3.93. The number of hydrogen-bond donors (Lipinski definition) is 1. The van der Waals surface area contributed by atoms with Crippen molar-refractivity contribution in [2.45, 2.75) is 52.1 Å². The average molecular weight is 199 g/mol. The standard InChI is InChI=1S/C11H21NO2/c1-8(2)12(5-4-11(13)14)10-6-9(3)7-10/h8-10H,4-7H2,1-3H3,(H,13,14). The molecule has 0 amide bonds. The maximum Gasteiger partial charge on any atom is 0.304 e. The second-order valence-electron chi connectivity index (χ2n) is 4.71. The fourth-order valence-electron chi connectivity index (χ4n) is 2.22. The summed E-state index contributed by atoms with van der Waals surface area (Å²) in [5.74, 6) is 0.133. The molecule has 3 nitrogen and oxygen atoms in total. The molecular formula is C11H21NO2. The van der Waals surface area contributed by atoms with Crippen molar-refractivity contribution in [3.63, 3.8) is 0 Å². The largest absolute Gasteiger partial charge is 0.481 e. The molecular weight excluding hydrogens is 178 g/mol. The minimum Gasteiger partial charge on any atom is -0.481 e. The van der Waals surface area contributed by atoms with Gasteiger partial charge in [-0.3, -0.25) is 9.69 Å².